The Balaban J connectivity index is 1.48. The first-order valence-electron chi connectivity index (χ1n) is 8.60. The molecular weight excluding hydrogens is 278 g/mol. The monoisotopic (exact) mass is 305 g/mol. The van der Waals surface area contributed by atoms with Crippen LogP contribution in [0.15, 0.2) is 23.4 Å². The standard InChI is InChI=1S/C17H27N3O2/c21-16-4-9-18-14-20(16)12-15-5-10-19(11-6-15)13-17(22)7-2-1-3-8-17/h4,9,14-15,22H,1-3,5-8,10-13H2. The van der Waals surface area contributed by atoms with Gasteiger partial charge >= 0.3 is 0 Å². The van der Waals surface area contributed by atoms with E-state index in [-0.39, 0.29) is 5.56 Å². The topological polar surface area (TPSA) is 58.4 Å². The molecule has 1 aromatic rings. The minimum Gasteiger partial charge on any atom is -0.389 e. The molecule has 3 rings (SSSR count). The van der Waals surface area contributed by atoms with Crippen molar-refractivity contribution in [3.05, 3.63) is 28.9 Å². The lowest BCUT2D eigenvalue weighted by atomic mass is 9.84. The SMILES string of the molecule is O=c1ccncn1CC1CCN(CC2(O)CCCCC2)CC1. The van der Waals surface area contributed by atoms with E-state index < -0.39 is 5.60 Å². The predicted molar refractivity (Wildman–Crippen MR) is 85.7 cm³/mol. The molecule has 0 atom stereocenters. The van der Waals surface area contributed by atoms with Crippen molar-refractivity contribution < 1.29 is 5.11 Å². The van der Waals surface area contributed by atoms with E-state index in [1.165, 1.54) is 12.5 Å². The Bertz CT molecular complexity index is 529. The number of rotatable bonds is 4. The molecule has 0 aromatic carbocycles. The molecule has 2 fully saturated rings. The fourth-order valence-electron chi connectivity index (χ4n) is 3.91. The van der Waals surface area contributed by atoms with Crippen molar-refractivity contribution in [2.24, 2.45) is 5.92 Å². The maximum Gasteiger partial charge on any atom is 0.253 e. The van der Waals surface area contributed by atoms with Crippen molar-refractivity contribution >= 4 is 0 Å². The third-order valence-corrected chi connectivity index (χ3v) is 5.26. The summed E-state index contributed by atoms with van der Waals surface area (Å²) in [5, 5.41) is 10.7. The molecule has 1 saturated carbocycles. The number of nitrogens with zero attached hydrogens (tertiary/aromatic N) is 3. The predicted octanol–water partition coefficient (Wildman–Crippen LogP) is 1.65. The zero-order valence-electron chi connectivity index (χ0n) is 13.3. The van der Waals surface area contributed by atoms with Crippen LogP contribution in [0.1, 0.15) is 44.9 Å². The molecule has 22 heavy (non-hydrogen) atoms. The molecule has 2 heterocycles. The van der Waals surface area contributed by atoms with Gasteiger partial charge in [0.15, 0.2) is 0 Å². The molecule has 0 bridgehead atoms. The zero-order chi connectivity index (χ0) is 15.4. The molecule has 0 unspecified atom stereocenters. The minimum atomic E-state index is -0.453. The summed E-state index contributed by atoms with van der Waals surface area (Å²) in [6.07, 6.45) is 10.9. The fraction of sp³-hybridized carbons (Fsp3) is 0.765. The van der Waals surface area contributed by atoms with Crippen molar-refractivity contribution in [3.8, 4) is 0 Å². The average Bonchev–Trinajstić information content (AvgIpc) is 2.52. The van der Waals surface area contributed by atoms with E-state index in [1.54, 1.807) is 17.1 Å². The summed E-state index contributed by atoms with van der Waals surface area (Å²) in [7, 11) is 0. The van der Waals surface area contributed by atoms with E-state index in [0.717, 1.165) is 64.7 Å². The van der Waals surface area contributed by atoms with Crippen LogP contribution in [-0.2, 0) is 6.54 Å². The van der Waals surface area contributed by atoms with Crippen molar-refractivity contribution in [1.82, 2.24) is 14.5 Å². The van der Waals surface area contributed by atoms with Crippen LogP contribution in [0.3, 0.4) is 0 Å². The molecular formula is C17H27N3O2. The molecule has 1 aliphatic carbocycles. The Morgan fingerprint density at radius 1 is 1.23 bits per heavy atom. The molecule has 0 radical (unpaired) electrons. The second kappa shape index (κ2) is 6.92. The highest BCUT2D eigenvalue weighted by Gasteiger charge is 2.32. The quantitative estimate of drug-likeness (QED) is 0.919. The zero-order valence-corrected chi connectivity index (χ0v) is 13.3. The van der Waals surface area contributed by atoms with Crippen LogP contribution < -0.4 is 5.56 Å². The van der Waals surface area contributed by atoms with E-state index in [0.29, 0.717) is 5.92 Å². The van der Waals surface area contributed by atoms with E-state index in [4.69, 9.17) is 0 Å². The van der Waals surface area contributed by atoms with Crippen molar-refractivity contribution in [1.29, 1.82) is 0 Å². The second-order valence-corrected chi connectivity index (χ2v) is 7.08. The molecule has 0 amide bonds. The first-order chi connectivity index (χ1) is 10.6. The Morgan fingerprint density at radius 3 is 2.64 bits per heavy atom. The average molecular weight is 305 g/mol. The van der Waals surface area contributed by atoms with Gasteiger partial charge in [0.1, 0.15) is 0 Å². The molecule has 5 nitrogen and oxygen atoms in total. The van der Waals surface area contributed by atoms with Crippen LogP contribution in [0.5, 0.6) is 0 Å². The molecule has 1 N–H and O–H groups in total. The highest BCUT2D eigenvalue weighted by Crippen LogP contribution is 2.30. The van der Waals surface area contributed by atoms with Gasteiger partial charge in [-0.05, 0) is 44.7 Å². The lowest BCUT2D eigenvalue weighted by Crippen LogP contribution is -2.47. The van der Waals surface area contributed by atoms with Gasteiger partial charge in [0.2, 0.25) is 0 Å². The lowest BCUT2D eigenvalue weighted by molar-refractivity contribution is -0.0331. The molecule has 5 heteroatoms. The molecule has 0 spiro atoms. The normalized spacial score (nSPS) is 23.5. The minimum absolute atomic E-state index is 0.0361. The first-order valence-corrected chi connectivity index (χ1v) is 8.60. The van der Waals surface area contributed by atoms with Crippen LogP contribution in [0.2, 0.25) is 0 Å². The number of β-amino-alcohol motifs (C(OH)–C–C–N with tert-alkyl or cyclic N) is 1. The van der Waals surface area contributed by atoms with Crippen molar-refractivity contribution in [2.45, 2.75) is 57.1 Å². The summed E-state index contributed by atoms with van der Waals surface area (Å²) in [6.45, 7) is 3.65. The Morgan fingerprint density at radius 2 is 1.95 bits per heavy atom. The van der Waals surface area contributed by atoms with Gasteiger partial charge in [0.25, 0.3) is 5.56 Å². The van der Waals surface area contributed by atoms with Gasteiger partial charge in [-0.1, -0.05) is 19.3 Å². The Kier molecular flexibility index (Phi) is 4.93. The highest BCUT2D eigenvalue weighted by molar-refractivity contribution is 4.88. The molecule has 2 aliphatic rings. The van der Waals surface area contributed by atoms with Crippen LogP contribution in [0.25, 0.3) is 0 Å². The summed E-state index contributed by atoms with van der Waals surface area (Å²) in [5.74, 6) is 0.541. The van der Waals surface area contributed by atoms with Gasteiger partial charge < -0.3 is 10.0 Å². The summed E-state index contributed by atoms with van der Waals surface area (Å²) in [5.41, 5.74) is -0.417. The van der Waals surface area contributed by atoms with E-state index >= 15 is 0 Å². The van der Waals surface area contributed by atoms with Crippen LogP contribution in [0.4, 0.5) is 0 Å². The van der Waals surface area contributed by atoms with Crippen LogP contribution in [-0.4, -0.2) is 44.8 Å². The number of hydrogen-bond acceptors (Lipinski definition) is 4. The second-order valence-electron chi connectivity index (χ2n) is 7.08. The van der Waals surface area contributed by atoms with Crippen molar-refractivity contribution in [2.75, 3.05) is 19.6 Å². The van der Waals surface area contributed by atoms with Gasteiger partial charge in [0, 0.05) is 25.4 Å². The number of likely N-dealkylation sites (tertiary alicyclic amines) is 1. The summed E-state index contributed by atoms with van der Waals surface area (Å²) < 4.78 is 1.72. The molecule has 1 saturated heterocycles. The van der Waals surface area contributed by atoms with Gasteiger partial charge in [-0.2, -0.15) is 0 Å². The number of piperidine rings is 1. The maximum atomic E-state index is 11.7. The Labute approximate surface area is 132 Å². The van der Waals surface area contributed by atoms with Gasteiger partial charge in [0.05, 0.1) is 11.9 Å². The smallest absolute Gasteiger partial charge is 0.253 e. The summed E-state index contributed by atoms with van der Waals surface area (Å²) in [6, 6.07) is 1.52. The summed E-state index contributed by atoms with van der Waals surface area (Å²) in [4.78, 5) is 18.2. The maximum absolute atomic E-state index is 11.7. The number of aliphatic hydroxyl groups is 1. The number of hydrogen-bond donors (Lipinski definition) is 1. The van der Waals surface area contributed by atoms with E-state index in [2.05, 4.69) is 9.88 Å². The molecule has 1 aliphatic heterocycles. The molecule has 1 aromatic heterocycles. The van der Waals surface area contributed by atoms with Crippen molar-refractivity contribution in [3.63, 3.8) is 0 Å². The van der Waals surface area contributed by atoms with Gasteiger partial charge in [-0.25, -0.2) is 4.98 Å². The Hall–Kier alpha value is -1.20. The van der Waals surface area contributed by atoms with Gasteiger partial charge in [-0.15, -0.1) is 0 Å². The lowest BCUT2D eigenvalue weighted by Gasteiger charge is -2.40. The third-order valence-electron chi connectivity index (χ3n) is 5.26. The fourth-order valence-corrected chi connectivity index (χ4v) is 3.91. The third kappa shape index (κ3) is 3.96. The highest BCUT2D eigenvalue weighted by atomic mass is 16.3. The van der Waals surface area contributed by atoms with Crippen LogP contribution >= 0.6 is 0 Å². The number of aromatic nitrogens is 2. The largest absolute Gasteiger partial charge is 0.389 e. The van der Waals surface area contributed by atoms with Gasteiger partial charge in [-0.3, -0.25) is 9.36 Å². The first kappa shape index (κ1) is 15.7. The summed E-state index contributed by atoms with van der Waals surface area (Å²) >= 11 is 0. The van der Waals surface area contributed by atoms with E-state index in [9.17, 15) is 9.90 Å². The molecule has 122 valence electrons. The van der Waals surface area contributed by atoms with Crippen LogP contribution in [0, 0.1) is 5.92 Å². The van der Waals surface area contributed by atoms with E-state index in [1.807, 2.05) is 0 Å².